The number of aromatic nitrogens is 1. The Labute approximate surface area is 199 Å². The maximum atomic E-state index is 13.8. The number of hydrogen-bond donors (Lipinski definition) is 1. The Kier molecular flexibility index (Phi) is 6.74. The van der Waals surface area contributed by atoms with E-state index in [1.54, 1.807) is 36.5 Å². The zero-order valence-corrected chi connectivity index (χ0v) is 18.7. The number of carbonyl (C=O) groups is 1. The van der Waals surface area contributed by atoms with E-state index < -0.39 is 23.4 Å². The number of carbonyl (C=O) groups excluding carboxylic acids is 1. The van der Waals surface area contributed by atoms with Gasteiger partial charge in [-0.2, -0.15) is 13.2 Å². The number of alkyl halides is 3. The Bertz CT molecular complexity index is 1250. The molecule has 4 rings (SSSR count). The van der Waals surface area contributed by atoms with Crippen LogP contribution in [0.3, 0.4) is 0 Å². The first kappa shape index (κ1) is 23.6. The summed E-state index contributed by atoms with van der Waals surface area (Å²) in [5.74, 6) is -0.805. The molecule has 0 saturated carbocycles. The van der Waals surface area contributed by atoms with Crippen LogP contribution in [0.15, 0.2) is 77.6 Å². The SMILES string of the molecule is NC=C(C(=O)N1CCN(c2ccnc3cc(Cl)ccc23)CC1)C(=Nc1ccccc1)C(F)(F)F. The molecule has 1 fully saturated rings. The number of nitrogens with zero attached hydrogens (tertiary/aromatic N) is 4. The molecule has 2 heterocycles. The summed E-state index contributed by atoms with van der Waals surface area (Å²) in [5, 5.41) is 1.48. The lowest BCUT2D eigenvalue weighted by Crippen LogP contribution is -2.50. The lowest BCUT2D eigenvalue weighted by atomic mass is 10.1. The maximum Gasteiger partial charge on any atom is 0.434 e. The number of fused-ring (bicyclic) bond motifs is 1. The fourth-order valence-corrected chi connectivity index (χ4v) is 4.03. The molecule has 10 heteroatoms. The minimum Gasteiger partial charge on any atom is -0.404 e. The zero-order chi connectivity index (χ0) is 24.3. The van der Waals surface area contributed by atoms with Crippen LogP contribution in [0.25, 0.3) is 10.9 Å². The van der Waals surface area contributed by atoms with Crippen molar-refractivity contribution in [2.24, 2.45) is 10.7 Å². The van der Waals surface area contributed by atoms with E-state index in [1.807, 2.05) is 12.1 Å². The number of para-hydroxylation sites is 1. The number of nitrogens with two attached hydrogens (primary N) is 1. The van der Waals surface area contributed by atoms with E-state index in [2.05, 4.69) is 14.9 Å². The number of pyridine rings is 1. The number of amides is 1. The Hall–Kier alpha value is -3.59. The minimum atomic E-state index is -4.85. The van der Waals surface area contributed by atoms with Crippen molar-refractivity contribution in [3.8, 4) is 0 Å². The third-order valence-electron chi connectivity index (χ3n) is 5.51. The lowest BCUT2D eigenvalue weighted by molar-refractivity contribution is -0.127. The second kappa shape index (κ2) is 9.72. The third-order valence-corrected chi connectivity index (χ3v) is 5.74. The Morgan fingerprint density at radius 3 is 2.41 bits per heavy atom. The predicted octanol–water partition coefficient (Wildman–Crippen LogP) is 4.71. The van der Waals surface area contributed by atoms with E-state index in [1.165, 1.54) is 17.0 Å². The van der Waals surface area contributed by atoms with Gasteiger partial charge >= 0.3 is 6.18 Å². The summed E-state index contributed by atoms with van der Waals surface area (Å²) >= 11 is 6.06. The summed E-state index contributed by atoms with van der Waals surface area (Å²) in [6.07, 6.45) is -2.49. The van der Waals surface area contributed by atoms with E-state index >= 15 is 0 Å². The first-order valence-electron chi connectivity index (χ1n) is 10.5. The van der Waals surface area contributed by atoms with Gasteiger partial charge in [0.15, 0.2) is 5.71 Å². The van der Waals surface area contributed by atoms with Crippen LogP contribution in [-0.4, -0.2) is 53.9 Å². The van der Waals surface area contributed by atoms with Gasteiger partial charge in [-0.05, 0) is 36.4 Å². The fourth-order valence-electron chi connectivity index (χ4n) is 3.86. The van der Waals surface area contributed by atoms with Gasteiger partial charge in [0, 0.05) is 54.7 Å². The van der Waals surface area contributed by atoms with Gasteiger partial charge < -0.3 is 15.5 Å². The van der Waals surface area contributed by atoms with Crippen molar-refractivity contribution in [3.63, 3.8) is 0 Å². The van der Waals surface area contributed by atoms with Gasteiger partial charge in [-0.15, -0.1) is 0 Å². The Balaban J connectivity index is 1.54. The van der Waals surface area contributed by atoms with Gasteiger partial charge in [0.2, 0.25) is 0 Å². The highest BCUT2D eigenvalue weighted by Gasteiger charge is 2.42. The molecular formula is C24H21ClF3N5O. The minimum absolute atomic E-state index is 0.0801. The molecule has 2 aromatic carbocycles. The molecule has 1 amide bonds. The number of hydrogen-bond acceptors (Lipinski definition) is 5. The number of halogens is 4. The van der Waals surface area contributed by atoms with Gasteiger partial charge in [0.05, 0.1) is 16.8 Å². The van der Waals surface area contributed by atoms with Crippen LogP contribution in [0.2, 0.25) is 5.02 Å². The van der Waals surface area contributed by atoms with Crippen molar-refractivity contribution in [2.75, 3.05) is 31.1 Å². The molecule has 34 heavy (non-hydrogen) atoms. The number of benzene rings is 2. The van der Waals surface area contributed by atoms with E-state index in [0.29, 0.717) is 24.3 Å². The highest BCUT2D eigenvalue weighted by Crippen LogP contribution is 2.30. The molecule has 0 aliphatic carbocycles. The van der Waals surface area contributed by atoms with Crippen LogP contribution < -0.4 is 10.6 Å². The summed E-state index contributed by atoms with van der Waals surface area (Å²) in [7, 11) is 0. The molecule has 0 spiro atoms. The molecule has 0 bridgehead atoms. The molecule has 6 nitrogen and oxygen atoms in total. The second-order valence-corrected chi connectivity index (χ2v) is 8.08. The molecule has 1 aliphatic rings. The van der Waals surface area contributed by atoms with Crippen molar-refractivity contribution in [2.45, 2.75) is 6.18 Å². The van der Waals surface area contributed by atoms with Crippen LogP contribution in [0.1, 0.15) is 0 Å². The Morgan fingerprint density at radius 1 is 1.06 bits per heavy atom. The first-order chi connectivity index (χ1) is 16.3. The summed E-state index contributed by atoms with van der Waals surface area (Å²) in [4.78, 5) is 24.5. The molecule has 2 N–H and O–H groups in total. The molecular weight excluding hydrogens is 467 g/mol. The van der Waals surface area contributed by atoms with Crippen molar-refractivity contribution in [1.29, 1.82) is 0 Å². The number of aliphatic imine (C=N–C) groups is 1. The average Bonchev–Trinajstić information content (AvgIpc) is 2.83. The maximum absolute atomic E-state index is 13.8. The second-order valence-electron chi connectivity index (χ2n) is 7.64. The third kappa shape index (κ3) is 4.99. The van der Waals surface area contributed by atoms with Gasteiger partial charge in [-0.3, -0.25) is 9.78 Å². The predicted molar refractivity (Wildman–Crippen MR) is 127 cm³/mol. The average molecular weight is 488 g/mol. The molecule has 1 saturated heterocycles. The first-order valence-corrected chi connectivity index (χ1v) is 10.9. The van der Waals surface area contributed by atoms with Crippen LogP contribution in [0, 0.1) is 0 Å². The summed E-state index contributed by atoms with van der Waals surface area (Å²) in [6, 6.07) is 14.9. The van der Waals surface area contributed by atoms with Gasteiger partial charge in [-0.1, -0.05) is 29.8 Å². The highest BCUT2D eigenvalue weighted by molar-refractivity contribution is 6.31. The fraction of sp³-hybridized carbons (Fsp3) is 0.208. The topological polar surface area (TPSA) is 74.8 Å². The van der Waals surface area contributed by atoms with Crippen LogP contribution in [0.5, 0.6) is 0 Å². The zero-order valence-electron chi connectivity index (χ0n) is 18.0. The van der Waals surface area contributed by atoms with Gasteiger partial charge in [0.25, 0.3) is 5.91 Å². The monoisotopic (exact) mass is 487 g/mol. The van der Waals surface area contributed by atoms with Crippen molar-refractivity contribution < 1.29 is 18.0 Å². The van der Waals surface area contributed by atoms with E-state index in [-0.39, 0.29) is 18.8 Å². The normalized spacial score (nSPS) is 15.6. The van der Waals surface area contributed by atoms with Crippen molar-refractivity contribution >= 4 is 45.5 Å². The molecule has 176 valence electrons. The number of anilines is 1. The van der Waals surface area contributed by atoms with Gasteiger partial charge in [0.1, 0.15) is 0 Å². The molecule has 1 aliphatic heterocycles. The Morgan fingerprint density at radius 2 is 1.76 bits per heavy atom. The van der Waals surface area contributed by atoms with Crippen molar-refractivity contribution in [1.82, 2.24) is 9.88 Å². The highest BCUT2D eigenvalue weighted by atomic mass is 35.5. The molecule has 0 radical (unpaired) electrons. The molecule has 0 unspecified atom stereocenters. The number of piperazine rings is 1. The molecule has 1 aromatic heterocycles. The molecule has 0 atom stereocenters. The molecule has 3 aromatic rings. The smallest absolute Gasteiger partial charge is 0.404 e. The summed E-state index contributed by atoms with van der Waals surface area (Å²) < 4.78 is 41.4. The summed E-state index contributed by atoms with van der Waals surface area (Å²) in [5.41, 5.74) is 5.26. The van der Waals surface area contributed by atoms with Gasteiger partial charge in [-0.25, -0.2) is 4.99 Å². The number of rotatable bonds is 4. The quantitative estimate of drug-likeness (QED) is 0.427. The van der Waals surface area contributed by atoms with E-state index in [4.69, 9.17) is 17.3 Å². The largest absolute Gasteiger partial charge is 0.434 e. The van der Waals surface area contributed by atoms with E-state index in [9.17, 15) is 18.0 Å². The van der Waals surface area contributed by atoms with Crippen LogP contribution >= 0.6 is 11.6 Å². The standard InChI is InChI=1S/C24H21ClF3N5O/c25-16-6-7-18-20(14-16)30-9-8-21(18)32-10-12-33(13-11-32)23(34)19(15-29)22(24(26,27)28)31-17-4-2-1-3-5-17/h1-9,14-15H,10-13,29H2. The van der Waals surface area contributed by atoms with Crippen LogP contribution in [0.4, 0.5) is 24.5 Å². The van der Waals surface area contributed by atoms with E-state index in [0.717, 1.165) is 16.6 Å². The lowest BCUT2D eigenvalue weighted by Gasteiger charge is -2.37. The summed E-state index contributed by atoms with van der Waals surface area (Å²) in [6.45, 7) is 1.32. The van der Waals surface area contributed by atoms with Crippen molar-refractivity contribution in [3.05, 3.63) is 77.6 Å². The van der Waals surface area contributed by atoms with Crippen LogP contribution in [-0.2, 0) is 4.79 Å².